The highest BCUT2D eigenvalue weighted by molar-refractivity contribution is 7.89. The molecule has 0 spiro atoms. The summed E-state index contributed by atoms with van der Waals surface area (Å²) in [5, 5.41) is 8.10. The lowest BCUT2D eigenvalue weighted by Gasteiger charge is -2.14. The van der Waals surface area contributed by atoms with E-state index in [2.05, 4.69) is 5.32 Å². The molecule has 5 nitrogen and oxygen atoms in total. The van der Waals surface area contributed by atoms with Crippen LogP contribution in [0.5, 0.6) is 0 Å². The first-order valence-corrected chi connectivity index (χ1v) is 10.3. The molecule has 1 heterocycles. The third kappa shape index (κ3) is 3.68. The Bertz CT molecular complexity index is 848. The third-order valence-electron chi connectivity index (χ3n) is 4.25. The fraction of sp³-hybridized carbons (Fsp3) is 0.353. The van der Waals surface area contributed by atoms with Gasteiger partial charge in [-0.1, -0.05) is 12.1 Å². The Kier molecular flexibility index (Phi) is 4.76. The van der Waals surface area contributed by atoms with Gasteiger partial charge in [0, 0.05) is 4.88 Å². The zero-order valence-corrected chi connectivity index (χ0v) is 15.0. The van der Waals surface area contributed by atoms with Crippen molar-refractivity contribution in [1.29, 1.82) is 0 Å². The normalized spacial score (nSPS) is 15.6. The molecule has 0 bridgehead atoms. The molecule has 0 fully saturated rings. The first kappa shape index (κ1) is 17.1. The van der Waals surface area contributed by atoms with Crippen molar-refractivity contribution in [2.24, 2.45) is 5.14 Å². The van der Waals surface area contributed by atoms with E-state index in [1.54, 1.807) is 23.5 Å². The van der Waals surface area contributed by atoms with Crippen molar-refractivity contribution in [2.45, 2.75) is 43.5 Å². The van der Waals surface area contributed by atoms with Gasteiger partial charge in [0.1, 0.15) is 0 Å². The minimum absolute atomic E-state index is 0.0488. The summed E-state index contributed by atoms with van der Waals surface area (Å²) in [5.41, 5.74) is 2.00. The van der Waals surface area contributed by atoms with Crippen molar-refractivity contribution < 1.29 is 13.2 Å². The van der Waals surface area contributed by atoms with Crippen LogP contribution in [-0.4, -0.2) is 14.3 Å². The summed E-state index contributed by atoms with van der Waals surface area (Å²) in [6, 6.07) is 8.03. The molecule has 0 radical (unpaired) electrons. The fourth-order valence-corrected chi connectivity index (χ4v) is 4.64. The van der Waals surface area contributed by atoms with Gasteiger partial charge in [0.25, 0.3) is 5.91 Å². The van der Waals surface area contributed by atoms with Crippen molar-refractivity contribution in [3.05, 3.63) is 51.2 Å². The molecule has 1 unspecified atom stereocenters. The number of aryl methyl sites for hydroxylation is 2. The van der Waals surface area contributed by atoms with Crippen LogP contribution >= 0.6 is 11.3 Å². The maximum atomic E-state index is 12.5. The van der Waals surface area contributed by atoms with Gasteiger partial charge >= 0.3 is 0 Å². The lowest BCUT2D eigenvalue weighted by molar-refractivity contribution is 0.0944. The van der Waals surface area contributed by atoms with E-state index in [9.17, 15) is 13.2 Å². The van der Waals surface area contributed by atoms with Crippen LogP contribution in [0.2, 0.25) is 0 Å². The second-order valence-electron chi connectivity index (χ2n) is 6.08. The number of hydrogen-bond acceptors (Lipinski definition) is 4. The van der Waals surface area contributed by atoms with Crippen molar-refractivity contribution in [2.75, 3.05) is 0 Å². The van der Waals surface area contributed by atoms with Gasteiger partial charge in [-0.25, -0.2) is 13.6 Å². The minimum Gasteiger partial charge on any atom is -0.345 e. The highest BCUT2D eigenvalue weighted by Crippen LogP contribution is 2.30. The van der Waals surface area contributed by atoms with E-state index in [4.69, 9.17) is 5.14 Å². The highest BCUT2D eigenvalue weighted by atomic mass is 32.2. The highest BCUT2D eigenvalue weighted by Gasteiger charge is 2.19. The third-order valence-corrected chi connectivity index (χ3v) is 6.40. The Hall–Kier alpha value is -1.70. The van der Waals surface area contributed by atoms with Crippen LogP contribution in [0.15, 0.2) is 35.2 Å². The summed E-state index contributed by atoms with van der Waals surface area (Å²) in [7, 11) is -3.75. The zero-order chi connectivity index (χ0) is 17.3. The molecule has 1 amide bonds. The summed E-state index contributed by atoms with van der Waals surface area (Å²) in [5.74, 6) is -0.122. The van der Waals surface area contributed by atoms with E-state index in [0.717, 1.165) is 17.7 Å². The number of nitrogens with two attached hydrogens (primary N) is 1. The van der Waals surface area contributed by atoms with E-state index in [1.807, 2.05) is 13.0 Å². The quantitative estimate of drug-likeness (QED) is 0.874. The second kappa shape index (κ2) is 6.66. The van der Waals surface area contributed by atoms with Crippen LogP contribution in [0.3, 0.4) is 0 Å². The number of amides is 1. The molecular formula is C17H20N2O3S2. The lowest BCUT2D eigenvalue weighted by Crippen LogP contribution is -2.26. The van der Waals surface area contributed by atoms with Gasteiger partial charge in [-0.2, -0.15) is 0 Å². The van der Waals surface area contributed by atoms with Crippen LogP contribution in [0.4, 0.5) is 0 Å². The molecule has 0 saturated heterocycles. The number of carbonyl (C=O) groups is 1. The van der Waals surface area contributed by atoms with Gasteiger partial charge in [-0.3, -0.25) is 4.79 Å². The molecule has 3 N–H and O–H groups in total. The van der Waals surface area contributed by atoms with Gasteiger partial charge in [-0.15, -0.1) is 11.3 Å². The fourth-order valence-electron chi connectivity index (χ4n) is 2.91. The van der Waals surface area contributed by atoms with Crippen LogP contribution < -0.4 is 10.5 Å². The Morgan fingerprint density at radius 3 is 2.71 bits per heavy atom. The van der Waals surface area contributed by atoms with Crippen molar-refractivity contribution in [1.82, 2.24) is 5.32 Å². The average Bonchev–Trinajstić information content (AvgIpc) is 2.98. The number of sulfonamides is 1. The number of hydrogen-bond donors (Lipinski definition) is 2. The molecule has 0 saturated carbocycles. The molecule has 128 valence electrons. The Balaban J connectivity index is 1.76. The summed E-state index contributed by atoms with van der Waals surface area (Å²) < 4.78 is 22.9. The summed E-state index contributed by atoms with van der Waals surface area (Å²) >= 11 is 1.56. The molecule has 3 rings (SSSR count). The predicted molar refractivity (Wildman–Crippen MR) is 94.7 cm³/mol. The van der Waals surface area contributed by atoms with Crippen molar-refractivity contribution in [3.8, 4) is 0 Å². The molecule has 1 aromatic heterocycles. The maximum absolute atomic E-state index is 12.5. The number of fused-ring (bicyclic) bond motifs is 1. The first-order valence-electron chi connectivity index (χ1n) is 7.90. The second-order valence-corrected chi connectivity index (χ2v) is 8.78. The van der Waals surface area contributed by atoms with Crippen molar-refractivity contribution >= 4 is 27.3 Å². The Morgan fingerprint density at radius 1 is 1.25 bits per heavy atom. The van der Waals surface area contributed by atoms with Gasteiger partial charge in [0.2, 0.25) is 10.0 Å². The SMILES string of the molecule is CC(NC(=O)c1cc2c(s1)CCCC2)c1cccc(S(N)(=O)=O)c1. The number of benzene rings is 1. The standard InChI is InChI=1S/C17H20N2O3S2/c1-11(12-6-4-7-14(9-12)24(18,21)22)19-17(20)16-10-13-5-2-3-8-15(13)23-16/h4,6-7,9-11H,2-3,5,8H2,1H3,(H,19,20)(H2,18,21,22). The maximum Gasteiger partial charge on any atom is 0.261 e. The molecule has 24 heavy (non-hydrogen) atoms. The van der Waals surface area contributed by atoms with Crippen LogP contribution in [0, 0.1) is 0 Å². The van der Waals surface area contributed by atoms with E-state index in [1.165, 1.54) is 35.4 Å². The minimum atomic E-state index is -3.75. The van der Waals surface area contributed by atoms with Crippen LogP contribution in [0.25, 0.3) is 0 Å². The molecule has 1 aliphatic rings. The molecule has 0 aliphatic heterocycles. The summed E-state index contributed by atoms with van der Waals surface area (Å²) in [6.45, 7) is 1.83. The Morgan fingerprint density at radius 2 is 2.00 bits per heavy atom. The van der Waals surface area contributed by atoms with Gasteiger partial charge in [0.05, 0.1) is 15.8 Å². The topological polar surface area (TPSA) is 89.3 Å². The molecule has 1 aliphatic carbocycles. The Labute approximate surface area is 145 Å². The number of rotatable bonds is 4. The monoisotopic (exact) mass is 364 g/mol. The smallest absolute Gasteiger partial charge is 0.261 e. The molecular weight excluding hydrogens is 344 g/mol. The number of thiophene rings is 1. The van der Waals surface area contributed by atoms with Crippen LogP contribution in [0.1, 0.15) is 51.5 Å². The predicted octanol–water partition coefficient (Wildman–Crippen LogP) is 2.77. The summed E-state index contributed by atoms with van der Waals surface area (Å²) in [6.07, 6.45) is 4.47. The van der Waals surface area contributed by atoms with E-state index in [-0.39, 0.29) is 16.8 Å². The van der Waals surface area contributed by atoms with Crippen LogP contribution in [-0.2, 0) is 22.9 Å². The van der Waals surface area contributed by atoms with Crippen molar-refractivity contribution in [3.63, 3.8) is 0 Å². The lowest BCUT2D eigenvalue weighted by atomic mass is 9.99. The van der Waals surface area contributed by atoms with Gasteiger partial charge < -0.3 is 5.32 Å². The van der Waals surface area contributed by atoms with Gasteiger partial charge in [-0.05, 0) is 61.9 Å². The zero-order valence-electron chi connectivity index (χ0n) is 13.4. The van der Waals surface area contributed by atoms with E-state index in [0.29, 0.717) is 5.56 Å². The first-order chi connectivity index (χ1) is 11.3. The number of carbonyl (C=O) groups excluding carboxylic acids is 1. The summed E-state index contributed by atoms with van der Waals surface area (Å²) in [4.78, 5) is 14.6. The number of nitrogens with one attached hydrogen (secondary N) is 1. The molecule has 2 aromatic rings. The largest absolute Gasteiger partial charge is 0.345 e. The molecule has 7 heteroatoms. The molecule has 1 aromatic carbocycles. The average molecular weight is 364 g/mol. The van der Waals surface area contributed by atoms with E-state index >= 15 is 0 Å². The van der Waals surface area contributed by atoms with Gasteiger partial charge in [0.15, 0.2) is 0 Å². The number of primary sulfonamides is 1. The molecule has 1 atom stereocenters. The van der Waals surface area contributed by atoms with E-state index < -0.39 is 10.0 Å².